The first-order valence-electron chi connectivity index (χ1n) is 6.43. The molecule has 5 nitrogen and oxygen atoms in total. The molecule has 6 heteroatoms. The van der Waals surface area contributed by atoms with Crippen molar-refractivity contribution in [3.8, 4) is 0 Å². The molecule has 0 saturated carbocycles. The number of amides is 2. The third-order valence-electron chi connectivity index (χ3n) is 3.25. The molecule has 0 spiro atoms. The van der Waals surface area contributed by atoms with E-state index in [1.54, 1.807) is 12.1 Å². The zero-order valence-electron chi connectivity index (χ0n) is 11.2. The van der Waals surface area contributed by atoms with Crippen LogP contribution in [0.5, 0.6) is 0 Å². The van der Waals surface area contributed by atoms with Crippen LogP contribution in [0.1, 0.15) is 24.4 Å². The van der Waals surface area contributed by atoms with Crippen molar-refractivity contribution in [2.24, 2.45) is 0 Å². The lowest BCUT2D eigenvalue weighted by atomic mass is 9.92. The lowest BCUT2D eigenvalue weighted by Gasteiger charge is -2.33. The molecule has 1 fully saturated rings. The van der Waals surface area contributed by atoms with Gasteiger partial charge in [-0.1, -0.05) is 12.1 Å². The average molecular weight is 280 g/mol. The van der Waals surface area contributed by atoms with Gasteiger partial charge in [0.05, 0.1) is 12.1 Å². The molecule has 1 aromatic rings. The van der Waals surface area contributed by atoms with Gasteiger partial charge >= 0.3 is 0 Å². The summed E-state index contributed by atoms with van der Waals surface area (Å²) >= 11 is 0. The van der Waals surface area contributed by atoms with Crippen LogP contribution in [0.15, 0.2) is 24.3 Å². The van der Waals surface area contributed by atoms with Crippen molar-refractivity contribution in [1.82, 2.24) is 10.6 Å². The Labute approximate surface area is 116 Å². The van der Waals surface area contributed by atoms with Gasteiger partial charge in [0.25, 0.3) is 0 Å². The third-order valence-corrected chi connectivity index (χ3v) is 3.25. The number of carbonyl (C=O) groups excluding carboxylic acids is 2. The molecule has 2 rings (SSSR count). The molecule has 0 aromatic heterocycles. The summed E-state index contributed by atoms with van der Waals surface area (Å²) in [5.41, 5.74) is 0.766. The van der Waals surface area contributed by atoms with Crippen molar-refractivity contribution in [1.29, 1.82) is 0 Å². The van der Waals surface area contributed by atoms with Crippen molar-refractivity contribution in [2.75, 3.05) is 13.7 Å². The van der Waals surface area contributed by atoms with E-state index in [9.17, 15) is 14.0 Å². The molecule has 0 aliphatic carbocycles. The van der Waals surface area contributed by atoms with E-state index in [1.807, 2.05) is 0 Å². The van der Waals surface area contributed by atoms with Crippen LogP contribution in [0.2, 0.25) is 0 Å². The predicted octanol–water partition coefficient (Wildman–Crippen LogP) is 0.908. The molecule has 1 aliphatic rings. The lowest BCUT2D eigenvalue weighted by molar-refractivity contribution is -0.129. The molecule has 0 unspecified atom stereocenters. The highest BCUT2D eigenvalue weighted by Crippen LogP contribution is 2.24. The number of piperidine rings is 1. The Balaban J connectivity index is 2.13. The number of ether oxygens (including phenoxy) is 1. The minimum atomic E-state index is -0.349. The monoisotopic (exact) mass is 280 g/mol. The third kappa shape index (κ3) is 3.54. The second-order valence-electron chi connectivity index (χ2n) is 4.74. The van der Waals surface area contributed by atoms with Crippen LogP contribution in [0.4, 0.5) is 4.39 Å². The van der Waals surface area contributed by atoms with E-state index in [0.717, 1.165) is 5.56 Å². The van der Waals surface area contributed by atoms with E-state index < -0.39 is 0 Å². The summed E-state index contributed by atoms with van der Waals surface area (Å²) in [5, 5.41) is 5.66. The van der Waals surface area contributed by atoms with Gasteiger partial charge in [-0.2, -0.15) is 0 Å². The molecule has 1 heterocycles. The largest absolute Gasteiger partial charge is 0.375 e. The minimum absolute atomic E-state index is 0.0272. The van der Waals surface area contributed by atoms with Crippen LogP contribution < -0.4 is 10.6 Å². The van der Waals surface area contributed by atoms with Crippen LogP contribution in [0, 0.1) is 5.82 Å². The van der Waals surface area contributed by atoms with Crippen LogP contribution >= 0.6 is 0 Å². The molecule has 1 aromatic carbocycles. The smallest absolute Gasteiger partial charge is 0.246 e. The molecule has 108 valence electrons. The quantitative estimate of drug-likeness (QED) is 0.861. The van der Waals surface area contributed by atoms with Crippen molar-refractivity contribution >= 4 is 11.8 Å². The van der Waals surface area contributed by atoms with Gasteiger partial charge in [-0.15, -0.1) is 0 Å². The SMILES string of the molecule is COCC(=O)N[C@@H]1CCC(=O)N[C@H]1c1ccc(F)cc1. The van der Waals surface area contributed by atoms with Gasteiger partial charge in [-0.25, -0.2) is 4.39 Å². The zero-order valence-corrected chi connectivity index (χ0v) is 11.2. The van der Waals surface area contributed by atoms with E-state index in [2.05, 4.69) is 10.6 Å². The van der Waals surface area contributed by atoms with Gasteiger partial charge in [0.1, 0.15) is 12.4 Å². The molecule has 2 amide bonds. The number of methoxy groups -OCH3 is 1. The highest BCUT2D eigenvalue weighted by Gasteiger charge is 2.30. The maximum atomic E-state index is 13.0. The summed E-state index contributed by atoms with van der Waals surface area (Å²) in [6, 6.07) is 5.33. The van der Waals surface area contributed by atoms with E-state index in [4.69, 9.17) is 4.74 Å². The first-order valence-corrected chi connectivity index (χ1v) is 6.43. The first-order chi connectivity index (χ1) is 9.60. The number of rotatable bonds is 4. The van der Waals surface area contributed by atoms with Crippen molar-refractivity contribution in [3.05, 3.63) is 35.6 Å². The fourth-order valence-electron chi connectivity index (χ4n) is 2.32. The molecule has 1 aliphatic heterocycles. The Kier molecular flexibility index (Phi) is 4.68. The maximum absolute atomic E-state index is 13.0. The summed E-state index contributed by atoms with van der Waals surface area (Å²) in [6.07, 6.45) is 0.902. The number of carbonyl (C=O) groups is 2. The van der Waals surface area contributed by atoms with Crippen LogP contribution in [-0.4, -0.2) is 31.6 Å². The number of hydrogen-bond donors (Lipinski definition) is 2. The molecule has 1 saturated heterocycles. The van der Waals surface area contributed by atoms with Crippen LogP contribution in [0.25, 0.3) is 0 Å². The molecule has 0 bridgehead atoms. The Morgan fingerprint density at radius 2 is 2.15 bits per heavy atom. The Morgan fingerprint density at radius 1 is 1.45 bits per heavy atom. The summed E-state index contributed by atoms with van der Waals surface area (Å²) < 4.78 is 17.7. The highest BCUT2D eigenvalue weighted by molar-refractivity contribution is 5.80. The second kappa shape index (κ2) is 6.47. The van der Waals surface area contributed by atoms with Crippen molar-refractivity contribution in [3.63, 3.8) is 0 Å². The molecule has 2 N–H and O–H groups in total. The fraction of sp³-hybridized carbons (Fsp3) is 0.429. The second-order valence-corrected chi connectivity index (χ2v) is 4.74. The van der Waals surface area contributed by atoms with E-state index in [0.29, 0.717) is 12.8 Å². The topological polar surface area (TPSA) is 67.4 Å². The normalized spacial score (nSPS) is 22.2. The highest BCUT2D eigenvalue weighted by atomic mass is 19.1. The first kappa shape index (κ1) is 14.5. The van der Waals surface area contributed by atoms with Gasteiger partial charge in [-0.3, -0.25) is 9.59 Å². The van der Waals surface area contributed by atoms with Crippen molar-refractivity contribution < 1.29 is 18.7 Å². The summed E-state index contributed by atoms with van der Waals surface area (Å²) in [5.74, 6) is -0.645. The van der Waals surface area contributed by atoms with Gasteiger partial charge in [-0.05, 0) is 24.1 Å². The van der Waals surface area contributed by atoms with E-state index in [-0.39, 0.29) is 36.3 Å². The summed E-state index contributed by atoms with van der Waals surface area (Å²) in [6.45, 7) is -0.0272. The maximum Gasteiger partial charge on any atom is 0.246 e. The molecule has 2 atom stereocenters. The number of benzene rings is 1. The van der Waals surface area contributed by atoms with Crippen LogP contribution in [0.3, 0.4) is 0 Å². The molecule has 20 heavy (non-hydrogen) atoms. The van der Waals surface area contributed by atoms with Gasteiger partial charge in [0, 0.05) is 13.5 Å². The average Bonchev–Trinajstić information content (AvgIpc) is 2.42. The van der Waals surface area contributed by atoms with Gasteiger partial charge < -0.3 is 15.4 Å². The zero-order chi connectivity index (χ0) is 14.5. The Bertz CT molecular complexity index is 490. The lowest BCUT2D eigenvalue weighted by Crippen LogP contribution is -2.50. The summed E-state index contributed by atoms with van der Waals surface area (Å²) in [4.78, 5) is 23.2. The summed E-state index contributed by atoms with van der Waals surface area (Å²) in [7, 11) is 1.44. The number of halogens is 1. The molecular formula is C14H17FN2O3. The number of hydrogen-bond acceptors (Lipinski definition) is 3. The van der Waals surface area contributed by atoms with Gasteiger partial charge in [0.15, 0.2) is 0 Å². The fourth-order valence-corrected chi connectivity index (χ4v) is 2.32. The van der Waals surface area contributed by atoms with Crippen molar-refractivity contribution in [2.45, 2.75) is 24.9 Å². The molecular weight excluding hydrogens is 263 g/mol. The standard InChI is InChI=1S/C14H17FN2O3/c1-20-8-13(19)16-11-6-7-12(18)17-14(11)9-2-4-10(15)5-3-9/h2-5,11,14H,6-8H2,1H3,(H,16,19)(H,17,18)/t11-,14+/m1/s1. The number of nitrogens with one attached hydrogen (secondary N) is 2. The minimum Gasteiger partial charge on any atom is -0.375 e. The Morgan fingerprint density at radius 3 is 2.80 bits per heavy atom. The predicted molar refractivity (Wildman–Crippen MR) is 70.3 cm³/mol. The van der Waals surface area contributed by atoms with Gasteiger partial charge in [0.2, 0.25) is 11.8 Å². The van der Waals surface area contributed by atoms with E-state index in [1.165, 1.54) is 19.2 Å². The molecule has 0 radical (unpaired) electrons. The van der Waals surface area contributed by atoms with E-state index >= 15 is 0 Å². The Hall–Kier alpha value is -1.95. The van der Waals surface area contributed by atoms with Crippen LogP contribution in [-0.2, 0) is 14.3 Å².